The molecule has 0 aliphatic carbocycles. The van der Waals surface area contributed by atoms with Crippen molar-refractivity contribution in [2.24, 2.45) is 0 Å². The maximum Gasteiger partial charge on any atom is 0.275 e. The molecule has 0 radical (unpaired) electrons. The fourth-order valence-corrected chi connectivity index (χ4v) is 2.00. The molecule has 0 unspecified atom stereocenters. The van der Waals surface area contributed by atoms with Gasteiger partial charge in [-0.25, -0.2) is 9.97 Å². The van der Waals surface area contributed by atoms with Crippen molar-refractivity contribution in [3.8, 4) is 0 Å². The fraction of sp³-hybridized carbons (Fsp3) is 0.267. The molecule has 0 saturated carbocycles. The van der Waals surface area contributed by atoms with Crippen LogP contribution in [0.15, 0.2) is 30.6 Å². The Morgan fingerprint density at radius 2 is 2.00 bits per heavy atom. The lowest BCUT2D eigenvalue weighted by molar-refractivity contribution is 0.102. The molecule has 5 nitrogen and oxygen atoms in total. The average Bonchev–Trinajstić information content (AvgIpc) is 2.42. The maximum atomic E-state index is 12.1. The largest absolute Gasteiger partial charge is 0.367 e. The van der Waals surface area contributed by atoms with Gasteiger partial charge in [0.1, 0.15) is 11.5 Å². The van der Waals surface area contributed by atoms with E-state index in [0.29, 0.717) is 16.5 Å². The van der Waals surface area contributed by atoms with Crippen molar-refractivity contribution in [2.75, 3.05) is 10.6 Å². The highest BCUT2D eigenvalue weighted by atomic mass is 35.5. The minimum absolute atomic E-state index is 0.260. The molecule has 0 bridgehead atoms. The zero-order valence-electron chi connectivity index (χ0n) is 12.1. The number of aromatic nitrogens is 2. The predicted octanol–water partition coefficient (Wildman–Crippen LogP) is 3.51. The van der Waals surface area contributed by atoms with Gasteiger partial charge in [0.25, 0.3) is 5.91 Å². The minimum atomic E-state index is -0.302. The lowest BCUT2D eigenvalue weighted by Gasteiger charge is -2.10. The monoisotopic (exact) mass is 304 g/mol. The Balaban J connectivity index is 2.09. The number of carbonyl (C=O) groups excluding carboxylic acids is 1. The standard InChI is InChI=1S/C15H17ClN4O/c1-9(2)19-14-8-17-13(7-18-14)15(21)20-12-5-4-11(16)6-10(12)3/h4-9H,1-3H3,(H,18,19)(H,20,21). The van der Waals surface area contributed by atoms with Crippen LogP contribution in [0, 0.1) is 6.92 Å². The number of rotatable bonds is 4. The van der Waals surface area contributed by atoms with Crippen LogP contribution in [0.4, 0.5) is 11.5 Å². The third-order valence-corrected chi connectivity index (χ3v) is 2.99. The Kier molecular flexibility index (Phi) is 4.75. The highest BCUT2D eigenvalue weighted by molar-refractivity contribution is 6.30. The Bertz CT molecular complexity index is 641. The average molecular weight is 305 g/mol. The first kappa shape index (κ1) is 15.3. The molecular formula is C15H17ClN4O. The van der Waals surface area contributed by atoms with Gasteiger partial charge in [-0.05, 0) is 44.5 Å². The van der Waals surface area contributed by atoms with Gasteiger partial charge in [-0.1, -0.05) is 11.6 Å². The van der Waals surface area contributed by atoms with E-state index in [4.69, 9.17) is 11.6 Å². The Morgan fingerprint density at radius 3 is 2.57 bits per heavy atom. The van der Waals surface area contributed by atoms with Crippen molar-refractivity contribution in [3.05, 3.63) is 46.9 Å². The molecule has 2 aromatic rings. The molecule has 1 amide bonds. The molecular weight excluding hydrogens is 288 g/mol. The number of carbonyl (C=O) groups is 1. The van der Waals surface area contributed by atoms with Crippen molar-refractivity contribution in [2.45, 2.75) is 26.8 Å². The van der Waals surface area contributed by atoms with Crippen LogP contribution in [0.2, 0.25) is 5.02 Å². The summed E-state index contributed by atoms with van der Waals surface area (Å²) in [5, 5.41) is 6.54. The Labute approximate surface area is 128 Å². The summed E-state index contributed by atoms with van der Waals surface area (Å²) in [5.41, 5.74) is 1.86. The predicted molar refractivity (Wildman–Crippen MR) is 84.9 cm³/mol. The van der Waals surface area contributed by atoms with E-state index < -0.39 is 0 Å². The lowest BCUT2D eigenvalue weighted by atomic mass is 10.2. The molecule has 6 heteroatoms. The highest BCUT2D eigenvalue weighted by Crippen LogP contribution is 2.20. The molecule has 2 N–H and O–H groups in total. The van der Waals surface area contributed by atoms with E-state index in [2.05, 4.69) is 20.6 Å². The van der Waals surface area contributed by atoms with Crippen LogP contribution >= 0.6 is 11.6 Å². The molecule has 110 valence electrons. The van der Waals surface area contributed by atoms with Gasteiger partial charge < -0.3 is 10.6 Å². The summed E-state index contributed by atoms with van der Waals surface area (Å²) in [4.78, 5) is 20.4. The summed E-state index contributed by atoms with van der Waals surface area (Å²) in [6, 6.07) is 5.54. The number of hydrogen-bond acceptors (Lipinski definition) is 4. The van der Waals surface area contributed by atoms with Crippen LogP contribution in [0.5, 0.6) is 0 Å². The van der Waals surface area contributed by atoms with Crippen LogP contribution in [0.1, 0.15) is 29.9 Å². The second-order valence-corrected chi connectivity index (χ2v) is 5.44. The first-order chi connectivity index (χ1) is 9.95. The highest BCUT2D eigenvalue weighted by Gasteiger charge is 2.10. The van der Waals surface area contributed by atoms with Crippen molar-refractivity contribution >= 4 is 29.0 Å². The third-order valence-electron chi connectivity index (χ3n) is 2.76. The number of nitrogens with zero attached hydrogens (tertiary/aromatic N) is 2. The van der Waals surface area contributed by atoms with Crippen molar-refractivity contribution < 1.29 is 4.79 Å². The summed E-state index contributed by atoms with van der Waals surface area (Å²) in [5.74, 6) is 0.341. The number of nitrogens with one attached hydrogen (secondary N) is 2. The molecule has 21 heavy (non-hydrogen) atoms. The smallest absolute Gasteiger partial charge is 0.275 e. The Hall–Kier alpha value is -2.14. The Morgan fingerprint density at radius 1 is 1.24 bits per heavy atom. The van der Waals surface area contributed by atoms with Crippen molar-refractivity contribution in [3.63, 3.8) is 0 Å². The SMILES string of the molecule is Cc1cc(Cl)ccc1NC(=O)c1cnc(NC(C)C)cn1. The number of benzene rings is 1. The fourth-order valence-electron chi connectivity index (χ4n) is 1.77. The molecule has 0 spiro atoms. The molecule has 0 aliphatic rings. The van der Waals surface area contributed by atoms with Gasteiger partial charge in [0.15, 0.2) is 0 Å². The molecule has 1 aromatic heterocycles. The third kappa shape index (κ3) is 4.16. The van der Waals surface area contributed by atoms with Gasteiger partial charge in [0.05, 0.1) is 12.4 Å². The van der Waals surface area contributed by atoms with E-state index >= 15 is 0 Å². The normalized spacial score (nSPS) is 10.5. The van der Waals surface area contributed by atoms with Gasteiger partial charge in [-0.15, -0.1) is 0 Å². The lowest BCUT2D eigenvalue weighted by Crippen LogP contribution is -2.16. The number of hydrogen-bond donors (Lipinski definition) is 2. The van der Waals surface area contributed by atoms with E-state index in [1.807, 2.05) is 20.8 Å². The molecule has 1 aromatic carbocycles. The van der Waals surface area contributed by atoms with Gasteiger partial charge in [-0.2, -0.15) is 0 Å². The van der Waals surface area contributed by atoms with Crippen LogP contribution in [0.3, 0.4) is 0 Å². The van der Waals surface area contributed by atoms with Crippen LogP contribution in [-0.4, -0.2) is 21.9 Å². The quantitative estimate of drug-likeness (QED) is 0.907. The number of aryl methyl sites for hydroxylation is 1. The summed E-state index contributed by atoms with van der Waals surface area (Å²) in [7, 11) is 0. The first-order valence-electron chi connectivity index (χ1n) is 6.62. The van der Waals surface area contributed by atoms with Crippen LogP contribution in [0.25, 0.3) is 0 Å². The zero-order chi connectivity index (χ0) is 15.4. The van der Waals surface area contributed by atoms with Gasteiger partial charge in [0, 0.05) is 16.8 Å². The van der Waals surface area contributed by atoms with Gasteiger partial charge >= 0.3 is 0 Å². The summed E-state index contributed by atoms with van der Waals surface area (Å²) >= 11 is 5.89. The van der Waals surface area contributed by atoms with Crippen molar-refractivity contribution in [1.29, 1.82) is 0 Å². The number of halogens is 1. The minimum Gasteiger partial charge on any atom is -0.367 e. The van der Waals surface area contributed by atoms with E-state index in [0.717, 1.165) is 5.56 Å². The molecule has 0 aliphatic heterocycles. The van der Waals surface area contributed by atoms with Gasteiger partial charge in [0.2, 0.25) is 0 Å². The molecule has 0 atom stereocenters. The second-order valence-electron chi connectivity index (χ2n) is 5.00. The summed E-state index contributed by atoms with van der Waals surface area (Å²) in [6.45, 7) is 5.89. The summed E-state index contributed by atoms with van der Waals surface area (Å²) in [6.07, 6.45) is 2.99. The van der Waals surface area contributed by atoms with E-state index in [1.54, 1.807) is 24.4 Å². The first-order valence-corrected chi connectivity index (χ1v) is 6.99. The van der Waals surface area contributed by atoms with E-state index in [9.17, 15) is 4.79 Å². The van der Waals surface area contributed by atoms with Crippen LogP contribution in [-0.2, 0) is 0 Å². The van der Waals surface area contributed by atoms with E-state index in [1.165, 1.54) is 6.20 Å². The number of anilines is 2. The van der Waals surface area contributed by atoms with E-state index in [-0.39, 0.29) is 17.6 Å². The number of amides is 1. The maximum absolute atomic E-state index is 12.1. The molecule has 0 fully saturated rings. The summed E-state index contributed by atoms with van der Waals surface area (Å²) < 4.78 is 0. The molecule has 0 saturated heterocycles. The van der Waals surface area contributed by atoms with Crippen molar-refractivity contribution in [1.82, 2.24) is 9.97 Å². The zero-order valence-corrected chi connectivity index (χ0v) is 12.9. The van der Waals surface area contributed by atoms with Crippen LogP contribution < -0.4 is 10.6 Å². The topological polar surface area (TPSA) is 66.9 Å². The second kappa shape index (κ2) is 6.54. The van der Waals surface area contributed by atoms with Gasteiger partial charge in [-0.3, -0.25) is 4.79 Å². The molecule has 1 heterocycles. The molecule has 2 rings (SSSR count).